The lowest BCUT2D eigenvalue weighted by atomic mass is 9.50. The number of carboxylic acids is 1. The molecule has 2 fully saturated rings. The molecule has 3 rings (SSSR count). The van der Waals surface area contributed by atoms with Crippen LogP contribution in [0, 0.1) is 22.7 Å². The van der Waals surface area contributed by atoms with Gasteiger partial charge in [-0.25, -0.2) is 0 Å². The average Bonchev–Trinajstić information content (AvgIpc) is 2.39. The van der Waals surface area contributed by atoms with Crippen molar-refractivity contribution in [3.05, 3.63) is 11.6 Å². The highest BCUT2D eigenvalue weighted by atomic mass is 16.4. The Morgan fingerprint density at radius 2 is 2.00 bits per heavy atom. The van der Waals surface area contributed by atoms with E-state index in [1.807, 2.05) is 13.0 Å². The van der Waals surface area contributed by atoms with Crippen molar-refractivity contribution in [2.75, 3.05) is 0 Å². The Bertz CT molecular complexity index is 492. The number of carbonyl (C=O) groups excluding carboxylic acids is 1. The van der Waals surface area contributed by atoms with Crippen LogP contribution in [0.15, 0.2) is 11.6 Å². The zero-order valence-corrected chi connectivity index (χ0v) is 12.4. The maximum atomic E-state index is 11.7. The average molecular weight is 276 g/mol. The van der Waals surface area contributed by atoms with Gasteiger partial charge in [0.25, 0.3) is 0 Å². The zero-order valence-electron chi connectivity index (χ0n) is 12.4. The van der Waals surface area contributed by atoms with Gasteiger partial charge in [0.1, 0.15) is 0 Å². The maximum absolute atomic E-state index is 11.7. The van der Waals surface area contributed by atoms with Crippen LogP contribution in [-0.2, 0) is 9.59 Å². The Balaban J connectivity index is 1.88. The van der Waals surface area contributed by atoms with E-state index >= 15 is 0 Å². The summed E-state index contributed by atoms with van der Waals surface area (Å²) in [5, 5.41) is 9.46. The van der Waals surface area contributed by atoms with Gasteiger partial charge in [-0.05, 0) is 68.8 Å². The van der Waals surface area contributed by atoms with Crippen molar-refractivity contribution in [1.29, 1.82) is 0 Å². The van der Waals surface area contributed by atoms with Crippen molar-refractivity contribution in [1.82, 2.24) is 0 Å². The van der Waals surface area contributed by atoms with Crippen LogP contribution in [0.25, 0.3) is 0 Å². The summed E-state index contributed by atoms with van der Waals surface area (Å²) in [4.78, 5) is 23.2. The molecule has 0 aromatic carbocycles. The molecule has 0 heterocycles. The number of hydrogen-bond donors (Lipinski definition) is 1. The van der Waals surface area contributed by atoms with Gasteiger partial charge in [-0.15, -0.1) is 0 Å². The summed E-state index contributed by atoms with van der Waals surface area (Å²) in [6, 6.07) is 0. The summed E-state index contributed by atoms with van der Waals surface area (Å²) in [6.45, 7) is 4.22. The monoisotopic (exact) mass is 276 g/mol. The molecular weight excluding hydrogens is 252 g/mol. The van der Waals surface area contributed by atoms with E-state index in [9.17, 15) is 14.7 Å². The molecular formula is C17H24O3. The van der Waals surface area contributed by atoms with Crippen LogP contribution in [0.1, 0.15) is 58.8 Å². The predicted octanol–water partition coefficient (Wildman–Crippen LogP) is 3.58. The van der Waals surface area contributed by atoms with Gasteiger partial charge in [0, 0.05) is 6.42 Å². The van der Waals surface area contributed by atoms with Crippen LogP contribution < -0.4 is 0 Å². The first kappa shape index (κ1) is 13.8. The zero-order chi connectivity index (χ0) is 14.5. The number of ketones is 1. The Morgan fingerprint density at radius 3 is 2.70 bits per heavy atom. The molecule has 0 saturated heterocycles. The molecule has 0 aromatic rings. The van der Waals surface area contributed by atoms with Crippen LogP contribution >= 0.6 is 0 Å². The third-order valence-electron chi connectivity index (χ3n) is 6.37. The first-order valence-corrected chi connectivity index (χ1v) is 7.82. The van der Waals surface area contributed by atoms with Gasteiger partial charge in [0.15, 0.2) is 5.78 Å². The summed E-state index contributed by atoms with van der Waals surface area (Å²) in [5.41, 5.74) is 0.953. The molecule has 0 amide bonds. The quantitative estimate of drug-likeness (QED) is 0.796. The van der Waals surface area contributed by atoms with E-state index in [-0.39, 0.29) is 11.2 Å². The fraction of sp³-hybridized carbons (Fsp3) is 0.765. The normalized spacial score (nSPS) is 44.3. The third-order valence-corrected chi connectivity index (χ3v) is 6.37. The molecule has 0 bridgehead atoms. The molecule has 1 N–H and O–H groups in total. The summed E-state index contributed by atoms with van der Waals surface area (Å²) in [7, 11) is 0. The van der Waals surface area contributed by atoms with E-state index in [0.717, 1.165) is 38.5 Å². The van der Waals surface area contributed by atoms with E-state index in [1.54, 1.807) is 0 Å². The summed E-state index contributed by atoms with van der Waals surface area (Å²) in [5.74, 6) is 0.728. The Hall–Kier alpha value is -1.12. The molecule has 3 aliphatic carbocycles. The molecule has 2 saturated carbocycles. The molecule has 20 heavy (non-hydrogen) atoms. The van der Waals surface area contributed by atoms with Crippen LogP contribution in [0.2, 0.25) is 0 Å². The van der Waals surface area contributed by atoms with Crippen molar-refractivity contribution in [3.63, 3.8) is 0 Å². The van der Waals surface area contributed by atoms with E-state index in [1.165, 1.54) is 5.57 Å². The standard InChI is InChI=1S/C17H24O3/c1-16(15(19)20)7-6-14-11(10-16)3-4-12-9-13(18)5-8-17(12,14)2/h9,11,14H,3-8,10H2,1-2H3,(H,19,20)/t11-,14-,16-,17-/m0/s1. The minimum atomic E-state index is -0.638. The minimum absolute atomic E-state index is 0.149. The number of carboxylic acid groups (broad SMARTS) is 1. The number of rotatable bonds is 1. The first-order valence-electron chi connectivity index (χ1n) is 7.82. The van der Waals surface area contributed by atoms with Gasteiger partial charge in [-0.3, -0.25) is 9.59 Å². The molecule has 3 aliphatic rings. The molecule has 4 atom stereocenters. The van der Waals surface area contributed by atoms with E-state index < -0.39 is 11.4 Å². The van der Waals surface area contributed by atoms with E-state index in [2.05, 4.69) is 6.92 Å². The lowest BCUT2D eigenvalue weighted by molar-refractivity contribution is -0.153. The number of aliphatic carboxylic acids is 1. The van der Waals surface area contributed by atoms with Crippen LogP contribution in [0.3, 0.4) is 0 Å². The molecule has 0 aliphatic heterocycles. The van der Waals surface area contributed by atoms with Crippen molar-refractivity contribution in [2.45, 2.75) is 58.8 Å². The molecule has 0 aromatic heterocycles. The van der Waals surface area contributed by atoms with Gasteiger partial charge in [-0.1, -0.05) is 12.5 Å². The second kappa shape index (κ2) is 4.44. The van der Waals surface area contributed by atoms with Gasteiger partial charge < -0.3 is 5.11 Å². The molecule has 3 heteroatoms. The number of allylic oxidation sites excluding steroid dienone is 2. The lowest BCUT2D eigenvalue weighted by Gasteiger charge is -2.54. The predicted molar refractivity (Wildman–Crippen MR) is 76.2 cm³/mol. The fourth-order valence-electron chi connectivity index (χ4n) is 4.97. The van der Waals surface area contributed by atoms with E-state index in [4.69, 9.17) is 0 Å². The Kier molecular flexibility index (Phi) is 3.07. The second-order valence-corrected chi connectivity index (χ2v) is 7.57. The van der Waals surface area contributed by atoms with Crippen molar-refractivity contribution in [2.24, 2.45) is 22.7 Å². The Labute approximate surface area is 120 Å². The van der Waals surface area contributed by atoms with Crippen LogP contribution in [0.5, 0.6) is 0 Å². The maximum Gasteiger partial charge on any atom is 0.309 e. The highest BCUT2D eigenvalue weighted by Gasteiger charge is 2.52. The summed E-state index contributed by atoms with van der Waals surface area (Å²) in [6.07, 6.45) is 8.15. The molecule has 110 valence electrons. The summed E-state index contributed by atoms with van der Waals surface area (Å²) < 4.78 is 0. The fourth-order valence-corrected chi connectivity index (χ4v) is 4.97. The second-order valence-electron chi connectivity index (χ2n) is 7.57. The number of fused-ring (bicyclic) bond motifs is 3. The van der Waals surface area contributed by atoms with Gasteiger partial charge in [-0.2, -0.15) is 0 Å². The Morgan fingerprint density at radius 1 is 1.25 bits per heavy atom. The number of carbonyl (C=O) groups is 2. The van der Waals surface area contributed by atoms with Gasteiger partial charge in [0.2, 0.25) is 0 Å². The molecule has 0 unspecified atom stereocenters. The van der Waals surface area contributed by atoms with Crippen molar-refractivity contribution in [3.8, 4) is 0 Å². The van der Waals surface area contributed by atoms with Crippen molar-refractivity contribution < 1.29 is 14.7 Å². The highest BCUT2D eigenvalue weighted by Crippen LogP contribution is 2.59. The van der Waals surface area contributed by atoms with Gasteiger partial charge >= 0.3 is 5.97 Å². The van der Waals surface area contributed by atoms with Gasteiger partial charge in [0.05, 0.1) is 5.41 Å². The van der Waals surface area contributed by atoms with E-state index in [0.29, 0.717) is 18.3 Å². The van der Waals surface area contributed by atoms with Crippen LogP contribution in [-0.4, -0.2) is 16.9 Å². The van der Waals surface area contributed by atoms with Crippen molar-refractivity contribution >= 4 is 11.8 Å². The smallest absolute Gasteiger partial charge is 0.309 e. The SMILES string of the molecule is C[C@]1(C(=O)O)CC[C@H]2[C@@H](CCC3=CC(=O)CC[C@@]32C)C1. The first-order chi connectivity index (χ1) is 9.35. The highest BCUT2D eigenvalue weighted by molar-refractivity contribution is 5.91. The lowest BCUT2D eigenvalue weighted by Crippen LogP contribution is -2.47. The van der Waals surface area contributed by atoms with Crippen LogP contribution in [0.4, 0.5) is 0 Å². The minimum Gasteiger partial charge on any atom is -0.481 e. The topological polar surface area (TPSA) is 54.4 Å². The largest absolute Gasteiger partial charge is 0.481 e. The number of hydrogen-bond acceptors (Lipinski definition) is 2. The molecule has 3 nitrogen and oxygen atoms in total. The summed E-state index contributed by atoms with van der Waals surface area (Å²) >= 11 is 0. The molecule has 0 radical (unpaired) electrons. The molecule has 0 spiro atoms. The third kappa shape index (κ3) is 1.94.